The van der Waals surface area contributed by atoms with Gasteiger partial charge in [0, 0.05) is 98.2 Å². The molecule has 0 unspecified atom stereocenters. The summed E-state index contributed by atoms with van der Waals surface area (Å²) in [4.78, 5) is 18.5. The summed E-state index contributed by atoms with van der Waals surface area (Å²) in [6.45, 7) is 13.7. The number of hydrogen-bond acceptors (Lipinski definition) is 15. The van der Waals surface area contributed by atoms with Crippen LogP contribution >= 0.6 is 0 Å². The Kier molecular flexibility index (Phi) is 19.2. The zero-order chi connectivity index (χ0) is 71.4. The molecular weight excluding hydrogens is 1310 g/mol. The highest BCUT2D eigenvalue weighted by Crippen LogP contribution is 2.38. The van der Waals surface area contributed by atoms with Crippen molar-refractivity contribution in [2.45, 2.75) is 86.5 Å². The molecule has 1 aliphatic carbocycles. The number of methoxy groups -OCH3 is 2. The second-order valence-corrected chi connectivity index (χ2v) is 27.6. The summed E-state index contributed by atoms with van der Waals surface area (Å²) >= 11 is 0. The SMILES string of the molecule is CC(C)Cc1nc(-c2ccc3[nH]nc(-c4ccc(F)cc4)c3c2)n[nH]1.CC(C)Cc1nc(-c2ccc3[nH]nc(-c4ccc5c(c4)OCC5)c3c2)n[nH]1.COc1ccc(-c2n[nH]c3ccc(-c4n[nH]c(CC5CC5)n4)cc23)cc1.COc1cccc(-c2n[nH]c3ccc(-c4n[nH]c(CC(C)C)n4)cc23)c1. The quantitative estimate of drug-likeness (QED) is 0.0396. The Balaban J connectivity index is 0.000000112. The molecule has 8 N–H and O–H groups in total. The first-order chi connectivity index (χ1) is 50.7. The highest BCUT2D eigenvalue weighted by molar-refractivity contribution is 5.98. The molecule has 9 heterocycles. The fraction of sp³-hybridized carbons (Fsp3) is 0.250. The van der Waals surface area contributed by atoms with Crippen LogP contribution in [0.1, 0.15) is 83.2 Å². The number of aromatic nitrogens is 20. The van der Waals surface area contributed by atoms with E-state index in [4.69, 9.17) is 14.2 Å². The lowest BCUT2D eigenvalue weighted by atomic mass is 10.0. The first kappa shape index (κ1) is 67.4. The summed E-state index contributed by atoms with van der Waals surface area (Å²) in [5.41, 5.74) is 16.5. The van der Waals surface area contributed by atoms with E-state index < -0.39 is 0 Å². The van der Waals surface area contributed by atoms with E-state index in [1.807, 2.05) is 103 Å². The van der Waals surface area contributed by atoms with Gasteiger partial charge in [0.1, 0.15) is 57.8 Å². The molecule has 0 radical (unpaired) electrons. The molecule has 8 aromatic heterocycles. The summed E-state index contributed by atoms with van der Waals surface area (Å²) in [5, 5.41) is 64.0. The molecule has 0 amide bonds. The third kappa shape index (κ3) is 15.1. The number of aromatic amines is 8. The van der Waals surface area contributed by atoms with Crippen LogP contribution in [0.25, 0.3) is 134 Å². The van der Waals surface area contributed by atoms with Gasteiger partial charge < -0.3 is 14.2 Å². The van der Waals surface area contributed by atoms with Crippen molar-refractivity contribution in [1.29, 1.82) is 0 Å². The highest BCUT2D eigenvalue weighted by atomic mass is 19.1. The van der Waals surface area contributed by atoms with Crippen molar-refractivity contribution in [3.05, 3.63) is 198 Å². The second-order valence-electron chi connectivity index (χ2n) is 27.6. The van der Waals surface area contributed by atoms with Crippen LogP contribution < -0.4 is 14.2 Å². The molecule has 104 heavy (non-hydrogen) atoms. The molecule has 23 nitrogen and oxygen atoms in total. The lowest BCUT2D eigenvalue weighted by Crippen LogP contribution is -1.95. The van der Waals surface area contributed by atoms with Crippen LogP contribution in [0.4, 0.5) is 4.39 Å². The third-order valence-corrected chi connectivity index (χ3v) is 18.2. The molecule has 24 heteroatoms. The van der Waals surface area contributed by atoms with Gasteiger partial charge in [-0.1, -0.05) is 65.8 Å². The van der Waals surface area contributed by atoms with E-state index in [2.05, 4.69) is 179 Å². The Bertz CT molecular complexity index is 5630. The van der Waals surface area contributed by atoms with Gasteiger partial charge in [-0.2, -0.15) is 40.8 Å². The van der Waals surface area contributed by atoms with Gasteiger partial charge in [-0.15, -0.1) is 0 Å². The first-order valence-corrected chi connectivity index (χ1v) is 35.1. The smallest absolute Gasteiger partial charge is 0.181 e. The van der Waals surface area contributed by atoms with Crippen molar-refractivity contribution < 1.29 is 18.6 Å². The zero-order valence-corrected chi connectivity index (χ0v) is 59.0. The molecule has 8 aromatic carbocycles. The Labute approximate surface area is 598 Å². The van der Waals surface area contributed by atoms with Crippen LogP contribution in [0, 0.1) is 29.5 Å². The molecule has 1 fully saturated rings. The molecule has 524 valence electrons. The molecule has 0 spiro atoms. The molecule has 0 saturated heterocycles. The average molecular weight is 1390 g/mol. The average Bonchev–Trinajstić information content (AvgIpc) is 1.64. The summed E-state index contributed by atoms with van der Waals surface area (Å²) < 4.78 is 29.5. The number of halogens is 1. The lowest BCUT2D eigenvalue weighted by molar-refractivity contribution is 0.357. The van der Waals surface area contributed by atoms with E-state index in [9.17, 15) is 4.39 Å². The maximum atomic E-state index is 13.2. The van der Waals surface area contributed by atoms with Crippen LogP contribution in [-0.2, 0) is 32.1 Å². The van der Waals surface area contributed by atoms with Gasteiger partial charge in [-0.3, -0.25) is 40.8 Å². The maximum absolute atomic E-state index is 13.2. The summed E-state index contributed by atoms with van der Waals surface area (Å²) in [5.74, 6) is 11.2. The van der Waals surface area contributed by atoms with Crippen LogP contribution in [0.5, 0.6) is 17.2 Å². The molecular formula is C80H79FN20O3. The largest absolute Gasteiger partial charge is 0.497 e. The van der Waals surface area contributed by atoms with Gasteiger partial charge in [-0.05, 0) is 182 Å². The molecule has 1 aliphatic heterocycles. The van der Waals surface area contributed by atoms with Gasteiger partial charge in [0.2, 0.25) is 0 Å². The fourth-order valence-corrected chi connectivity index (χ4v) is 12.8. The highest BCUT2D eigenvalue weighted by Gasteiger charge is 2.24. The van der Waals surface area contributed by atoms with E-state index in [1.54, 1.807) is 26.4 Å². The van der Waals surface area contributed by atoms with Gasteiger partial charge in [0.25, 0.3) is 0 Å². The molecule has 0 bridgehead atoms. The molecule has 18 rings (SSSR count). The summed E-state index contributed by atoms with van der Waals surface area (Å²) in [6.07, 6.45) is 7.23. The van der Waals surface area contributed by atoms with Crippen molar-refractivity contribution in [1.82, 2.24) is 102 Å². The van der Waals surface area contributed by atoms with Crippen LogP contribution in [0.3, 0.4) is 0 Å². The van der Waals surface area contributed by atoms with Crippen molar-refractivity contribution in [2.24, 2.45) is 23.7 Å². The maximum Gasteiger partial charge on any atom is 0.181 e. The Morgan fingerprint density at radius 2 is 0.760 bits per heavy atom. The number of H-pyrrole nitrogens is 8. The van der Waals surface area contributed by atoms with E-state index in [-0.39, 0.29) is 5.82 Å². The minimum absolute atomic E-state index is 0.261. The molecule has 16 aromatic rings. The van der Waals surface area contributed by atoms with Gasteiger partial charge >= 0.3 is 0 Å². The second kappa shape index (κ2) is 29.6. The van der Waals surface area contributed by atoms with Crippen molar-refractivity contribution in [3.8, 4) is 108 Å². The van der Waals surface area contributed by atoms with Crippen molar-refractivity contribution in [3.63, 3.8) is 0 Å². The van der Waals surface area contributed by atoms with E-state index in [0.717, 1.165) is 208 Å². The van der Waals surface area contributed by atoms with Crippen molar-refractivity contribution in [2.75, 3.05) is 20.8 Å². The molecule has 0 atom stereocenters. The van der Waals surface area contributed by atoms with Crippen LogP contribution in [0.15, 0.2) is 164 Å². The van der Waals surface area contributed by atoms with E-state index >= 15 is 0 Å². The predicted octanol–water partition coefficient (Wildman–Crippen LogP) is 16.7. The number of ether oxygens (including phenoxy) is 3. The van der Waals surface area contributed by atoms with Gasteiger partial charge in [0.15, 0.2) is 23.3 Å². The minimum Gasteiger partial charge on any atom is -0.497 e. The number of hydrogen-bond donors (Lipinski definition) is 8. The number of nitrogens with zero attached hydrogens (tertiary/aromatic N) is 12. The van der Waals surface area contributed by atoms with Crippen LogP contribution in [0.2, 0.25) is 0 Å². The van der Waals surface area contributed by atoms with E-state index in [0.29, 0.717) is 29.4 Å². The topological polar surface area (TPSA) is 309 Å². The number of benzene rings is 8. The first-order valence-electron chi connectivity index (χ1n) is 35.1. The normalized spacial score (nSPS) is 12.6. The number of rotatable bonds is 18. The Morgan fingerprint density at radius 1 is 0.385 bits per heavy atom. The predicted molar refractivity (Wildman–Crippen MR) is 402 cm³/mol. The van der Waals surface area contributed by atoms with Gasteiger partial charge in [0.05, 0.1) is 54.3 Å². The standard InChI is InChI=1S/C21H21N5O.C20H19N5O.C20H21N5O.C19H18FN5/c1-12(2)9-19-22-21(26-24-19)15-5-6-17-16(10-15)20(25-23-17)14-4-3-13-7-8-27-18(13)11-14;1-26-15-7-4-13(5-8-15)19-16-11-14(6-9-17(16)22-24-19)20-21-18(23-25-20)10-12-2-3-12;1-12(2)9-18-21-20(25-23-18)14-7-8-17-16(11-14)19(24-22-17)13-5-4-6-15(10-13)26-3;1-11(2)9-17-21-19(25-23-17)13-5-8-16-15(10-13)18(24-22-16)12-3-6-14(20)7-4-12/h3-6,10-12H,7-9H2,1-2H3,(H,23,25)(H,22,24,26);4-9,11-12H,2-3,10H2,1H3,(H,22,24)(H,21,23,25);4-8,10-12H,9H2,1-3H3,(H,22,24)(H,21,23,25);3-8,10-11H,9H2,1-2H3,(H,22,24)(H,21,23,25). The minimum atomic E-state index is -0.261. The van der Waals surface area contributed by atoms with Gasteiger partial charge in [-0.25, -0.2) is 24.3 Å². The Hall–Kier alpha value is -12.5. The van der Waals surface area contributed by atoms with E-state index in [1.165, 1.54) is 30.5 Å². The zero-order valence-electron chi connectivity index (χ0n) is 59.0. The molecule has 1 saturated carbocycles. The Morgan fingerprint density at radius 3 is 1.17 bits per heavy atom. The van der Waals surface area contributed by atoms with Crippen molar-refractivity contribution >= 4 is 43.6 Å². The fourth-order valence-electron chi connectivity index (χ4n) is 12.8. The number of fused-ring (bicyclic) bond motifs is 5. The number of nitrogens with one attached hydrogen (secondary N) is 8. The van der Waals surface area contributed by atoms with Crippen LogP contribution in [-0.4, -0.2) is 122 Å². The summed E-state index contributed by atoms with van der Waals surface area (Å²) in [7, 11) is 3.33. The molecule has 2 aliphatic rings. The summed E-state index contributed by atoms with van der Waals surface area (Å²) in [6, 6.07) is 52.8. The third-order valence-electron chi connectivity index (χ3n) is 18.2. The lowest BCUT2D eigenvalue weighted by Gasteiger charge is -2.03. The monoisotopic (exact) mass is 1390 g/mol.